The maximum atomic E-state index is 13.2. The maximum Gasteiger partial charge on any atom is 0.261 e. The molecule has 0 saturated carbocycles. The van der Waals surface area contributed by atoms with E-state index >= 15 is 0 Å². The van der Waals surface area contributed by atoms with Gasteiger partial charge in [0.1, 0.15) is 11.5 Å². The fourth-order valence-electron chi connectivity index (χ4n) is 3.85. The van der Waals surface area contributed by atoms with Gasteiger partial charge < -0.3 is 24.3 Å². The van der Waals surface area contributed by atoms with Gasteiger partial charge in [0.05, 0.1) is 42.5 Å². The van der Waals surface area contributed by atoms with Gasteiger partial charge in [0.2, 0.25) is 5.75 Å². The molecule has 4 aromatic carbocycles. The summed E-state index contributed by atoms with van der Waals surface area (Å²) in [5.41, 5.74) is 0.747. The van der Waals surface area contributed by atoms with E-state index in [-0.39, 0.29) is 27.7 Å². The first-order valence-electron chi connectivity index (χ1n) is 12.1. The van der Waals surface area contributed by atoms with Gasteiger partial charge >= 0.3 is 0 Å². The lowest BCUT2D eigenvalue weighted by Crippen LogP contribution is -2.25. The molecule has 0 aliphatic carbocycles. The number of amides is 1. The predicted molar refractivity (Wildman–Crippen MR) is 157 cm³/mol. The average molecular weight is 618 g/mol. The van der Waals surface area contributed by atoms with Crippen LogP contribution >= 0.6 is 23.2 Å². The average Bonchev–Trinajstić information content (AvgIpc) is 2.97. The van der Waals surface area contributed by atoms with Crippen LogP contribution < -0.4 is 29.0 Å². The van der Waals surface area contributed by atoms with Crippen LogP contribution in [0.2, 0.25) is 10.0 Å². The second-order valence-corrected chi connectivity index (χ2v) is 11.0. The lowest BCUT2D eigenvalue weighted by molar-refractivity contribution is 0.0951. The number of hydrogen-bond donors (Lipinski definition) is 2. The van der Waals surface area contributed by atoms with Crippen molar-refractivity contribution in [3.63, 3.8) is 0 Å². The SMILES string of the molecule is COc1cc(CNC(=O)c2cc(Cl)ccc2NS(=O)(=O)c2ccc(Oc3ccccc3Cl)cc2)cc(OC)c1OC. The number of halogens is 2. The van der Waals surface area contributed by atoms with Crippen molar-refractivity contribution in [3.05, 3.63) is 100 Å². The summed E-state index contributed by atoms with van der Waals surface area (Å²) in [4.78, 5) is 13.1. The number of benzene rings is 4. The molecule has 4 aromatic rings. The third-order valence-corrected chi connectivity index (χ3v) is 7.78. The van der Waals surface area contributed by atoms with E-state index in [0.29, 0.717) is 39.3 Å². The van der Waals surface area contributed by atoms with Crippen LogP contribution in [-0.2, 0) is 16.6 Å². The van der Waals surface area contributed by atoms with Crippen LogP contribution in [0.5, 0.6) is 28.7 Å². The third-order valence-electron chi connectivity index (χ3n) is 5.85. The van der Waals surface area contributed by atoms with Crippen LogP contribution in [0, 0.1) is 0 Å². The summed E-state index contributed by atoms with van der Waals surface area (Å²) in [5.74, 6) is 1.55. The number of carbonyl (C=O) groups is 1. The summed E-state index contributed by atoms with van der Waals surface area (Å²) < 4.78 is 50.6. The number of methoxy groups -OCH3 is 3. The fourth-order valence-corrected chi connectivity index (χ4v) is 5.28. The molecule has 0 spiro atoms. The predicted octanol–water partition coefficient (Wildman–Crippen LogP) is 6.54. The highest BCUT2D eigenvalue weighted by Gasteiger charge is 2.20. The summed E-state index contributed by atoms with van der Waals surface area (Å²) in [5, 5.41) is 3.45. The van der Waals surface area contributed by atoms with E-state index in [2.05, 4.69) is 10.0 Å². The molecule has 0 aromatic heterocycles. The number of para-hydroxylation sites is 1. The van der Waals surface area contributed by atoms with Gasteiger partial charge in [0.15, 0.2) is 11.5 Å². The van der Waals surface area contributed by atoms with Crippen molar-refractivity contribution in [2.24, 2.45) is 0 Å². The molecule has 41 heavy (non-hydrogen) atoms. The molecule has 0 aliphatic rings. The van der Waals surface area contributed by atoms with Crippen LogP contribution in [0.25, 0.3) is 0 Å². The molecule has 0 fully saturated rings. The lowest BCUT2D eigenvalue weighted by Gasteiger charge is -2.16. The Balaban J connectivity index is 1.51. The highest BCUT2D eigenvalue weighted by molar-refractivity contribution is 7.92. The quantitative estimate of drug-likeness (QED) is 0.197. The van der Waals surface area contributed by atoms with E-state index in [1.165, 1.54) is 63.8 Å². The van der Waals surface area contributed by atoms with Gasteiger partial charge in [0, 0.05) is 11.6 Å². The maximum absolute atomic E-state index is 13.2. The van der Waals surface area contributed by atoms with Crippen LogP contribution in [0.1, 0.15) is 15.9 Å². The standard InChI is InChI=1S/C29H26Cl2N2O7S/c1-37-26-14-18(15-27(38-2)28(26)39-3)17-32-29(34)22-16-19(30)8-13-24(22)33-41(35,36)21-11-9-20(10-12-21)40-25-7-5-4-6-23(25)31/h4-16,33H,17H2,1-3H3,(H,32,34). The first-order valence-corrected chi connectivity index (χ1v) is 14.3. The van der Waals surface area contributed by atoms with Crippen molar-refractivity contribution in [1.82, 2.24) is 5.32 Å². The molecule has 0 bridgehead atoms. The summed E-state index contributed by atoms with van der Waals surface area (Å²) >= 11 is 12.3. The van der Waals surface area contributed by atoms with Crippen molar-refractivity contribution >= 4 is 44.8 Å². The van der Waals surface area contributed by atoms with E-state index < -0.39 is 15.9 Å². The first-order chi connectivity index (χ1) is 19.6. The zero-order valence-electron chi connectivity index (χ0n) is 22.2. The van der Waals surface area contributed by atoms with Gasteiger partial charge in [-0.3, -0.25) is 9.52 Å². The van der Waals surface area contributed by atoms with Gasteiger partial charge in [-0.25, -0.2) is 8.42 Å². The van der Waals surface area contributed by atoms with Gasteiger partial charge in [-0.05, 0) is 72.3 Å². The molecule has 1 amide bonds. The van der Waals surface area contributed by atoms with Crippen LogP contribution in [0.4, 0.5) is 5.69 Å². The first kappa shape index (κ1) is 29.9. The van der Waals surface area contributed by atoms with Gasteiger partial charge in [0.25, 0.3) is 15.9 Å². The van der Waals surface area contributed by atoms with Gasteiger partial charge in [-0.1, -0.05) is 35.3 Å². The molecule has 214 valence electrons. The van der Waals surface area contributed by atoms with E-state index in [1.807, 2.05) is 0 Å². The smallest absolute Gasteiger partial charge is 0.261 e. The highest BCUT2D eigenvalue weighted by Crippen LogP contribution is 2.38. The Kier molecular flexibility index (Phi) is 9.49. The molecule has 0 unspecified atom stereocenters. The number of hydrogen-bond acceptors (Lipinski definition) is 7. The Morgan fingerprint density at radius 2 is 1.46 bits per heavy atom. The summed E-state index contributed by atoms with van der Waals surface area (Å²) in [6.45, 7) is 0.0845. The molecular formula is C29H26Cl2N2O7S. The molecule has 4 rings (SSSR count). The Morgan fingerprint density at radius 3 is 2.07 bits per heavy atom. The Bertz CT molecular complexity index is 1640. The van der Waals surface area contributed by atoms with E-state index in [1.54, 1.807) is 36.4 Å². The van der Waals surface area contributed by atoms with Crippen molar-refractivity contribution in [3.8, 4) is 28.7 Å². The zero-order valence-corrected chi connectivity index (χ0v) is 24.6. The number of carbonyl (C=O) groups excluding carboxylic acids is 1. The lowest BCUT2D eigenvalue weighted by atomic mass is 10.1. The molecule has 2 N–H and O–H groups in total. The number of sulfonamides is 1. The Morgan fingerprint density at radius 1 is 0.805 bits per heavy atom. The minimum absolute atomic E-state index is 0.0344. The molecular weight excluding hydrogens is 591 g/mol. The van der Waals surface area contributed by atoms with Crippen LogP contribution in [-0.4, -0.2) is 35.7 Å². The molecule has 0 radical (unpaired) electrons. The highest BCUT2D eigenvalue weighted by atomic mass is 35.5. The van der Waals surface area contributed by atoms with E-state index in [0.717, 1.165) is 0 Å². The molecule has 0 aliphatic heterocycles. The number of anilines is 1. The number of nitrogens with one attached hydrogen (secondary N) is 2. The number of ether oxygens (including phenoxy) is 4. The van der Waals surface area contributed by atoms with E-state index in [9.17, 15) is 13.2 Å². The molecule has 0 saturated heterocycles. The monoisotopic (exact) mass is 616 g/mol. The molecule has 0 heterocycles. The Labute approximate surface area is 248 Å². The fraction of sp³-hybridized carbons (Fsp3) is 0.138. The zero-order chi connectivity index (χ0) is 29.6. The summed E-state index contributed by atoms with van der Waals surface area (Å²) in [6.07, 6.45) is 0. The van der Waals surface area contributed by atoms with Gasteiger partial charge in [-0.2, -0.15) is 0 Å². The van der Waals surface area contributed by atoms with Crippen molar-refractivity contribution in [1.29, 1.82) is 0 Å². The molecule has 0 atom stereocenters. The minimum Gasteiger partial charge on any atom is -0.493 e. The normalized spacial score (nSPS) is 11.0. The summed E-state index contributed by atoms with van der Waals surface area (Å²) in [6, 6.07) is 20.4. The van der Waals surface area contributed by atoms with E-state index in [4.69, 9.17) is 42.1 Å². The second kappa shape index (κ2) is 13.0. The third kappa shape index (κ3) is 7.15. The minimum atomic E-state index is -4.07. The second-order valence-electron chi connectivity index (χ2n) is 8.52. The molecule has 9 nitrogen and oxygen atoms in total. The number of rotatable bonds is 11. The molecule has 12 heteroatoms. The van der Waals surface area contributed by atoms with Crippen LogP contribution in [0.15, 0.2) is 83.8 Å². The van der Waals surface area contributed by atoms with Crippen molar-refractivity contribution in [2.75, 3.05) is 26.1 Å². The Hall–Kier alpha value is -4.12. The largest absolute Gasteiger partial charge is 0.493 e. The van der Waals surface area contributed by atoms with Crippen molar-refractivity contribution in [2.45, 2.75) is 11.4 Å². The summed E-state index contributed by atoms with van der Waals surface area (Å²) in [7, 11) is 0.397. The van der Waals surface area contributed by atoms with Gasteiger partial charge in [-0.15, -0.1) is 0 Å². The van der Waals surface area contributed by atoms with Crippen LogP contribution in [0.3, 0.4) is 0 Å². The van der Waals surface area contributed by atoms with Crippen molar-refractivity contribution < 1.29 is 32.2 Å². The topological polar surface area (TPSA) is 112 Å².